The quantitative estimate of drug-likeness (QED) is 0.0195. The number of nitrogens with one attached hydrogen (secondary N) is 8. The molecular formula is C89H98F7N9O17S4. The topological polar surface area (TPSA) is 366 Å². The number of amides is 6. The van der Waals surface area contributed by atoms with Gasteiger partial charge in [-0.1, -0.05) is 38.8 Å². The van der Waals surface area contributed by atoms with Crippen molar-refractivity contribution in [1.82, 2.24) is 0 Å². The van der Waals surface area contributed by atoms with E-state index in [-0.39, 0.29) is 80.8 Å². The number of carbonyl (C=O) groups is 6. The van der Waals surface area contributed by atoms with Crippen molar-refractivity contribution in [1.29, 1.82) is 0 Å². The second kappa shape index (κ2) is 41.5. The average molecular weight is 1830 g/mol. The van der Waals surface area contributed by atoms with Gasteiger partial charge in [-0.2, -0.15) is 13.2 Å². The van der Waals surface area contributed by atoms with E-state index in [1.165, 1.54) is 119 Å². The Labute approximate surface area is 727 Å². The smallest absolute Gasteiger partial charge is 0.490 e. The lowest BCUT2D eigenvalue weighted by molar-refractivity contribution is -0.275. The summed E-state index contributed by atoms with van der Waals surface area (Å²) in [6.45, 7) is 21.3. The molecule has 0 bridgehead atoms. The van der Waals surface area contributed by atoms with Crippen LogP contribution in [0.1, 0.15) is 194 Å². The number of hydrogen-bond donors (Lipinski definition) is 8. The van der Waals surface area contributed by atoms with Crippen LogP contribution in [-0.2, 0) is 51.0 Å². The van der Waals surface area contributed by atoms with Crippen LogP contribution in [0.15, 0.2) is 206 Å². The van der Waals surface area contributed by atoms with Gasteiger partial charge in [-0.25, -0.2) is 43.0 Å². The molecule has 5 atom stereocenters. The third kappa shape index (κ3) is 27.3. The van der Waals surface area contributed by atoms with E-state index >= 15 is 0 Å². The van der Waals surface area contributed by atoms with E-state index in [9.17, 15) is 93.2 Å². The van der Waals surface area contributed by atoms with Gasteiger partial charge in [-0.3, -0.25) is 47.7 Å². The monoisotopic (exact) mass is 1830 g/mol. The highest BCUT2D eigenvalue weighted by atomic mass is 32.2. The summed E-state index contributed by atoms with van der Waals surface area (Å²) in [5, 5.41) is 8.31. The van der Waals surface area contributed by atoms with E-state index < -0.39 is 114 Å². The predicted octanol–water partition coefficient (Wildman–Crippen LogP) is 19.1. The molecule has 12 rings (SSSR count). The summed E-state index contributed by atoms with van der Waals surface area (Å²) >= 11 is 0. The van der Waals surface area contributed by atoms with Crippen LogP contribution in [0.4, 0.5) is 81.9 Å². The third-order valence-electron chi connectivity index (χ3n) is 20.5. The highest BCUT2D eigenvalue weighted by Gasteiger charge is 2.39. The summed E-state index contributed by atoms with van der Waals surface area (Å²) in [6, 6.07) is 49.5. The molecule has 37 heteroatoms. The fourth-order valence-electron chi connectivity index (χ4n) is 13.0. The van der Waals surface area contributed by atoms with Crippen LogP contribution in [-0.4, -0.2) is 115 Å². The molecule has 1 aliphatic carbocycles. The van der Waals surface area contributed by atoms with Crippen molar-refractivity contribution in [3.05, 3.63) is 257 Å². The predicted molar refractivity (Wildman–Crippen MR) is 472 cm³/mol. The summed E-state index contributed by atoms with van der Waals surface area (Å²) in [7, 11) is -13.9. The highest BCUT2D eigenvalue weighted by Crippen LogP contribution is 2.42. The zero-order valence-corrected chi connectivity index (χ0v) is 73.9. The van der Waals surface area contributed by atoms with Gasteiger partial charge in [0.2, 0.25) is 40.1 Å². The Morgan fingerprint density at radius 2 is 0.762 bits per heavy atom. The van der Waals surface area contributed by atoms with Crippen molar-refractivity contribution in [2.45, 2.75) is 173 Å². The molecule has 9 aromatic rings. The first-order chi connectivity index (χ1) is 58.9. The van der Waals surface area contributed by atoms with Crippen LogP contribution in [0.2, 0.25) is 0 Å². The van der Waals surface area contributed by atoms with Crippen molar-refractivity contribution in [2.75, 3.05) is 45.1 Å². The van der Waals surface area contributed by atoms with E-state index in [0.717, 1.165) is 71.5 Å². The van der Waals surface area contributed by atoms with Gasteiger partial charge in [-0.15, -0.1) is 13.2 Å². The van der Waals surface area contributed by atoms with Crippen molar-refractivity contribution in [3.8, 4) is 11.5 Å². The van der Waals surface area contributed by atoms with Crippen LogP contribution in [0.3, 0.4) is 0 Å². The van der Waals surface area contributed by atoms with E-state index in [1.54, 1.807) is 88.4 Å². The minimum Gasteiger partial charge on any atom is -0.490 e. The number of alkyl halides is 6. The number of sulfonamides is 4. The highest BCUT2D eigenvalue weighted by molar-refractivity contribution is 7.94. The molecule has 9 aromatic carbocycles. The second-order valence-corrected chi connectivity index (χ2v) is 40.3. The van der Waals surface area contributed by atoms with E-state index in [1.807, 2.05) is 24.3 Å². The summed E-state index contributed by atoms with van der Waals surface area (Å²) < 4.78 is 209. The van der Waals surface area contributed by atoms with Gasteiger partial charge in [0.25, 0.3) is 35.4 Å². The Morgan fingerprint density at radius 3 is 1.13 bits per heavy atom. The number of fused-ring (bicyclic) bond motifs is 1. The number of hydrogen-bond acceptors (Lipinski definition) is 17. The molecule has 674 valence electrons. The fourth-order valence-corrected chi connectivity index (χ4v) is 15.8. The van der Waals surface area contributed by atoms with E-state index in [2.05, 4.69) is 84.7 Å². The first-order valence-corrected chi connectivity index (χ1v) is 46.1. The number of ether oxygens (including phenoxy) is 3. The van der Waals surface area contributed by atoms with Crippen molar-refractivity contribution < 1.29 is 107 Å². The van der Waals surface area contributed by atoms with Gasteiger partial charge < -0.3 is 35.5 Å². The molecule has 2 aliphatic heterocycles. The third-order valence-corrected chi connectivity index (χ3v) is 27.5. The molecule has 126 heavy (non-hydrogen) atoms. The second-order valence-electron chi connectivity index (χ2n) is 31.3. The number of halogens is 7. The number of rotatable bonds is 25. The van der Waals surface area contributed by atoms with Crippen molar-refractivity contribution in [2.24, 2.45) is 11.8 Å². The maximum Gasteiger partial charge on any atom is 0.573 e. The molecule has 6 amide bonds. The fraction of sp³-hybridized carbons (Fsp3) is 0.326. The minimum atomic E-state index is -5.08. The van der Waals surface area contributed by atoms with Crippen molar-refractivity contribution in [3.63, 3.8) is 0 Å². The SMILES string of the molecule is CC(C)S(=O)(=O)Nc1ccc(C(=O)Nc2ccc(F)c(OC(F)(F)F)c2)cc1.CC(C)S(=O)(=O)Nc1ccc(C(=O)Nc2ccc3c(c2)C(=O)N(c2ccc(C(F)(F)F)cc2)C3=O)cc1.CC1CC(Oc2ccc(NC(=O)c3ccc(NS(=O)(=O)C(C)C)cc3)cc2)CC(C)O1.CC1CCCC(c2ccc(NC(=O)c3ccc(NS(=O)(=O)C(C)C)cc3)cc2)C1C. The molecule has 1 saturated carbocycles. The molecule has 2 fully saturated rings. The molecule has 26 nitrogen and oxygen atoms in total. The Kier molecular flexibility index (Phi) is 32.2. The normalized spacial score (nSPS) is 17.2. The Morgan fingerprint density at radius 1 is 0.421 bits per heavy atom. The maximum atomic E-state index is 13.4. The molecule has 3 aliphatic rings. The molecular weight excluding hydrogens is 1730 g/mol. The van der Waals surface area contributed by atoms with Gasteiger partial charge in [-0.05, 0) is 287 Å². The lowest BCUT2D eigenvalue weighted by atomic mass is 9.71. The summed E-state index contributed by atoms with van der Waals surface area (Å²) in [5.41, 5.74) is 4.56. The lowest BCUT2D eigenvalue weighted by Gasteiger charge is -2.34. The van der Waals surface area contributed by atoms with Crippen LogP contribution in [0.5, 0.6) is 11.5 Å². The molecule has 8 N–H and O–H groups in total. The maximum absolute atomic E-state index is 13.4. The lowest BCUT2D eigenvalue weighted by Crippen LogP contribution is -2.35. The molecule has 1 saturated heterocycles. The standard InChI is InChI=1S/C25H20F3N3O5S.C24H32N2O3S.C23H30N2O5S.C17H16F4N2O4S/c1-14(2)37(35,36)30-17-7-3-15(4-8-17)22(32)29-18-9-12-20-21(13-18)24(34)31(23(20)33)19-10-5-16(6-11-19)25(26,27)28;1-16(2)30(28,29)26-22-14-10-20(11-15-22)24(27)25-21-12-8-19(9-13-21)23-7-5-6-17(3)18(23)4;1-15(2)31(27,28)25-20-7-5-18(6-8-20)23(26)24-19-9-11-21(12-10-19)30-22-13-16(3)29-17(4)14-22;1-10(2)28(25,26)23-12-5-3-11(4-6-12)16(24)22-13-7-8-14(18)15(9-13)27-17(19,20)21/h3-14,30H,1-2H3,(H,29,32);8-18,23,26H,5-7H2,1-4H3,(H,25,27);5-12,15-17,22,25H,13-14H2,1-4H3,(H,24,26);3-10,23H,1-2H3,(H,22,24). The number of nitrogens with zero attached hydrogens (tertiary/aromatic N) is 1. The van der Waals surface area contributed by atoms with Gasteiger partial charge in [0, 0.05) is 86.7 Å². The van der Waals surface area contributed by atoms with Gasteiger partial charge >= 0.3 is 12.5 Å². The molecule has 0 spiro atoms. The van der Waals surface area contributed by atoms with E-state index in [4.69, 9.17) is 9.47 Å². The summed E-state index contributed by atoms with van der Waals surface area (Å²) in [5.74, 6) is -2.73. The van der Waals surface area contributed by atoms with Crippen LogP contribution >= 0.6 is 0 Å². The largest absolute Gasteiger partial charge is 0.573 e. The van der Waals surface area contributed by atoms with Crippen LogP contribution in [0.25, 0.3) is 0 Å². The number of benzene rings is 9. The number of carbonyl (C=O) groups excluding carboxylic acids is 6. The van der Waals surface area contributed by atoms with Crippen molar-refractivity contribution >= 4 is 127 Å². The van der Waals surface area contributed by atoms with Gasteiger partial charge in [0.15, 0.2) is 11.6 Å². The summed E-state index contributed by atoms with van der Waals surface area (Å²) in [6.07, 6.45) is -3.65. The number of imide groups is 1. The average Bonchev–Trinajstić information content (AvgIpc) is 1.61. The Bertz CT molecular complexity index is 5830. The Hall–Kier alpha value is -11.9. The summed E-state index contributed by atoms with van der Waals surface area (Å²) in [4.78, 5) is 76.3. The zero-order chi connectivity index (χ0) is 92.7. The molecule has 2 heterocycles. The Balaban J connectivity index is 0.000000191. The minimum absolute atomic E-state index is 0.0128. The van der Waals surface area contributed by atoms with E-state index in [0.29, 0.717) is 46.1 Å². The zero-order valence-electron chi connectivity index (χ0n) is 70.6. The number of anilines is 9. The molecule has 0 radical (unpaired) electrons. The van der Waals surface area contributed by atoms with Gasteiger partial charge in [0.1, 0.15) is 11.9 Å². The molecule has 5 unspecified atom stereocenters. The van der Waals surface area contributed by atoms with Gasteiger partial charge in [0.05, 0.1) is 55.6 Å². The first-order valence-electron chi connectivity index (χ1n) is 39.9. The first kappa shape index (κ1) is 97.9. The molecule has 0 aromatic heterocycles. The van der Waals surface area contributed by atoms with Crippen LogP contribution < -0.4 is 54.5 Å². The van der Waals surface area contributed by atoms with Crippen LogP contribution in [0, 0.1) is 17.7 Å².